The number of carbonyl (C=O) groups excluding carboxylic acids is 2. The molecule has 2 saturated heterocycles. The molecule has 2 amide bonds. The van der Waals surface area contributed by atoms with Crippen molar-refractivity contribution in [1.82, 2.24) is 10.6 Å². The third kappa shape index (κ3) is 5.05. The maximum absolute atomic E-state index is 11.5. The van der Waals surface area contributed by atoms with Crippen molar-refractivity contribution in [2.45, 2.75) is 74.8 Å². The molecule has 14 nitrogen and oxygen atoms in total. The van der Waals surface area contributed by atoms with Crippen LogP contribution in [0.15, 0.2) is 0 Å². The summed E-state index contributed by atoms with van der Waals surface area (Å²) < 4.78 is 15.7. The third-order valence-corrected chi connectivity index (χ3v) is 4.87. The molecule has 0 spiro atoms. The van der Waals surface area contributed by atoms with Gasteiger partial charge >= 0.3 is 5.97 Å². The zero-order chi connectivity index (χ0) is 22.8. The number of rotatable bonds is 6. The number of hydrogen-bond donors (Lipinski definition) is 9. The second-order valence-corrected chi connectivity index (χ2v) is 7.18. The number of amides is 2. The topological polar surface area (TPSA) is 227 Å². The molecular weight excluding hydrogens is 412 g/mol. The Kier molecular flexibility index (Phi) is 8.09. The fraction of sp³-hybridized carbons (Fsp3) is 0.875. The fourth-order valence-electron chi connectivity index (χ4n) is 3.45. The molecule has 14 heteroatoms. The van der Waals surface area contributed by atoms with Crippen LogP contribution in [0.5, 0.6) is 0 Å². The Bertz CT molecular complexity index is 623. The van der Waals surface area contributed by atoms with Crippen LogP contribution in [0.1, 0.15) is 13.8 Å². The van der Waals surface area contributed by atoms with Crippen LogP contribution in [0, 0.1) is 0 Å². The highest BCUT2D eigenvalue weighted by atomic mass is 16.8. The molecule has 10 atom stereocenters. The van der Waals surface area contributed by atoms with Gasteiger partial charge < -0.3 is 60.6 Å². The highest BCUT2D eigenvalue weighted by molar-refractivity contribution is 5.73. The van der Waals surface area contributed by atoms with Gasteiger partial charge in [-0.1, -0.05) is 0 Å². The highest BCUT2D eigenvalue weighted by Crippen LogP contribution is 2.34. The zero-order valence-electron chi connectivity index (χ0n) is 16.3. The van der Waals surface area contributed by atoms with Crippen molar-refractivity contribution < 1.29 is 59.5 Å². The quantitative estimate of drug-likeness (QED) is 0.176. The van der Waals surface area contributed by atoms with E-state index in [1.54, 1.807) is 0 Å². The summed E-state index contributed by atoms with van der Waals surface area (Å²) >= 11 is 0. The number of ether oxygens (including phenoxy) is 3. The van der Waals surface area contributed by atoms with Gasteiger partial charge in [0.05, 0.1) is 13.2 Å². The zero-order valence-corrected chi connectivity index (χ0v) is 16.3. The van der Waals surface area contributed by atoms with Gasteiger partial charge in [-0.15, -0.1) is 0 Å². The number of carbonyl (C=O) groups is 2. The van der Waals surface area contributed by atoms with Crippen molar-refractivity contribution in [3.8, 4) is 0 Å². The SMILES string of the molecule is CC(=O)N[C@@H]1[C@@H](O)[C@H](O[C@@]2(O)O[C@H](CO)[C@@H](O)[C@H](O)[C@H]2NC(C)=O)[C@@H](CO)O[C@H]1O. The average molecular weight is 440 g/mol. The second-order valence-electron chi connectivity index (χ2n) is 7.18. The van der Waals surface area contributed by atoms with E-state index in [1.165, 1.54) is 0 Å². The maximum atomic E-state index is 11.5. The van der Waals surface area contributed by atoms with E-state index in [1.807, 2.05) is 0 Å². The summed E-state index contributed by atoms with van der Waals surface area (Å²) in [7, 11) is 0. The van der Waals surface area contributed by atoms with Crippen molar-refractivity contribution in [2.75, 3.05) is 13.2 Å². The molecule has 0 aromatic rings. The van der Waals surface area contributed by atoms with Gasteiger partial charge in [0.25, 0.3) is 0 Å². The summed E-state index contributed by atoms with van der Waals surface area (Å²) in [5.74, 6) is -4.29. The van der Waals surface area contributed by atoms with Gasteiger partial charge in [-0.2, -0.15) is 0 Å². The summed E-state index contributed by atoms with van der Waals surface area (Å²) in [5, 5.41) is 75.2. The first-order valence-electron chi connectivity index (χ1n) is 9.16. The summed E-state index contributed by atoms with van der Waals surface area (Å²) in [5.41, 5.74) is 0. The molecule has 0 aromatic carbocycles. The van der Waals surface area contributed by atoms with E-state index in [9.17, 15) is 45.3 Å². The van der Waals surface area contributed by atoms with Crippen LogP contribution in [0.4, 0.5) is 0 Å². The van der Waals surface area contributed by atoms with Crippen LogP contribution >= 0.6 is 0 Å². The maximum Gasteiger partial charge on any atom is 0.305 e. The second kappa shape index (κ2) is 9.78. The van der Waals surface area contributed by atoms with Crippen molar-refractivity contribution in [1.29, 1.82) is 0 Å². The van der Waals surface area contributed by atoms with Crippen molar-refractivity contribution >= 4 is 11.8 Å². The van der Waals surface area contributed by atoms with Gasteiger partial charge in [0, 0.05) is 13.8 Å². The van der Waals surface area contributed by atoms with Crippen molar-refractivity contribution in [3.05, 3.63) is 0 Å². The van der Waals surface area contributed by atoms with Crippen LogP contribution in [-0.4, -0.2) is 122 Å². The molecule has 0 aliphatic carbocycles. The molecule has 2 heterocycles. The van der Waals surface area contributed by atoms with Crippen molar-refractivity contribution in [2.24, 2.45) is 0 Å². The third-order valence-electron chi connectivity index (χ3n) is 4.87. The minimum absolute atomic E-state index is 0.634. The summed E-state index contributed by atoms with van der Waals surface area (Å²) in [6.07, 6.45) is -11.7. The molecule has 0 aromatic heterocycles. The molecule has 0 saturated carbocycles. The minimum Gasteiger partial charge on any atom is -0.394 e. The lowest BCUT2D eigenvalue weighted by Crippen LogP contribution is -2.74. The lowest BCUT2D eigenvalue weighted by Gasteiger charge is -2.50. The Labute approximate surface area is 171 Å². The van der Waals surface area contributed by atoms with Crippen molar-refractivity contribution in [3.63, 3.8) is 0 Å². The molecule has 2 aliphatic heterocycles. The summed E-state index contributed by atoms with van der Waals surface area (Å²) in [6, 6.07) is -3.21. The Hall–Kier alpha value is -1.46. The van der Waals surface area contributed by atoms with Crippen LogP contribution in [0.2, 0.25) is 0 Å². The smallest absolute Gasteiger partial charge is 0.305 e. The van der Waals surface area contributed by atoms with E-state index in [0.717, 1.165) is 13.8 Å². The highest BCUT2D eigenvalue weighted by Gasteiger charge is 2.58. The molecule has 174 valence electrons. The van der Waals surface area contributed by atoms with E-state index in [2.05, 4.69) is 10.6 Å². The van der Waals surface area contributed by atoms with E-state index in [-0.39, 0.29) is 0 Å². The Morgan fingerprint density at radius 1 is 0.933 bits per heavy atom. The van der Waals surface area contributed by atoms with E-state index < -0.39 is 86.0 Å². The molecule has 30 heavy (non-hydrogen) atoms. The van der Waals surface area contributed by atoms with Crippen LogP contribution in [-0.2, 0) is 23.8 Å². The fourth-order valence-corrected chi connectivity index (χ4v) is 3.45. The largest absolute Gasteiger partial charge is 0.394 e. The Morgan fingerprint density at radius 3 is 2.00 bits per heavy atom. The number of aliphatic hydroxyl groups is 7. The molecule has 0 bridgehead atoms. The van der Waals surface area contributed by atoms with Gasteiger partial charge in [0.15, 0.2) is 6.29 Å². The lowest BCUT2D eigenvalue weighted by molar-refractivity contribution is -0.451. The van der Waals surface area contributed by atoms with Gasteiger partial charge in [-0.25, -0.2) is 0 Å². The molecule has 9 N–H and O–H groups in total. The Morgan fingerprint density at radius 2 is 1.50 bits per heavy atom. The van der Waals surface area contributed by atoms with Gasteiger partial charge in [-0.3, -0.25) is 9.59 Å². The van der Waals surface area contributed by atoms with E-state index in [4.69, 9.17) is 14.2 Å². The molecule has 2 rings (SSSR count). The molecular formula is C16H28N2O12. The van der Waals surface area contributed by atoms with Crippen LogP contribution in [0.3, 0.4) is 0 Å². The number of aliphatic hydroxyl groups excluding tert-OH is 6. The van der Waals surface area contributed by atoms with Crippen LogP contribution in [0.25, 0.3) is 0 Å². The first kappa shape index (κ1) is 24.8. The predicted molar refractivity (Wildman–Crippen MR) is 93.0 cm³/mol. The number of hydrogen-bond acceptors (Lipinski definition) is 12. The van der Waals surface area contributed by atoms with E-state index in [0.29, 0.717) is 0 Å². The summed E-state index contributed by atoms with van der Waals surface area (Å²) in [4.78, 5) is 22.9. The first-order valence-corrected chi connectivity index (χ1v) is 9.16. The summed E-state index contributed by atoms with van der Waals surface area (Å²) in [6.45, 7) is 0.510. The van der Waals surface area contributed by atoms with E-state index >= 15 is 0 Å². The molecule has 2 fully saturated rings. The first-order chi connectivity index (χ1) is 13.9. The lowest BCUT2D eigenvalue weighted by atomic mass is 9.93. The monoisotopic (exact) mass is 440 g/mol. The minimum atomic E-state index is -2.91. The van der Waals surface area contributed by atoms with Gasteiger partial charge in [0.1, 0.15) is 48.7 Å². The average Bonchev–Trinajstić information content (AvgIpc) is 2.67. The standard InChI is InChI=1S/C16H28N2O12/c1-5(21)17-9-11(24)13(8(4-20)28-15(9)26)30-16(27)14(18-6(2)22)12(25)10(23)7(3-19)29-16/h7-15,19-20,23-27H,3-4H2,1-2H3,(H,17,21)(H,18,22)/t7-,8-,9-,10-,11-,12+,13-,14-,15-,16+/m1/s1. The Balaban J connectivity index is 2.36. The molecule has 2 aliphatic rings. The van der Waals surface area contributed by atoms with Gasteiger partial charge in [0.2, 0.25) is 11.8 Å². The number of nitrogens with one attached hydrogen (secondary N) is 2. The van der Waals surface area contributed by atoms with Crippen LogP contribution < -0.4 is 10.6 Å². The molecule has 0 radical (unpaired) electrons. The predicted octanol–water partition coefficient (Wildman–Crippen LogP) is -5.79. The normalized spacial score (nSPS) is 44.4. The molecule has 0 unspecified atom stereocenters. The van der Waals surface area contributed by atoms with Gasteiger partial charge in [-0.05, 0) is 0 Å².